The third kappa shape index (κ3) is 5.47. The highest BCUT2D eigenvalue weighted by atomic mass is 35.5. The maximum atomic E-state index is 12.6. The van der Waals surface area contributed by atoms with Crippen molar-refractivity contribution in [2.75, 3.05) is 11.9 Å². The van der Waals surface area contributed by atoms with Crippen molar-refractivity contribution in [1.82, 2.24) is 0 Å². The Hall–Kier alpha value is -3.61. The molecule has 0 aliphatic heterocycles. The number of carbonyl (C=O) groups is 2. The second-order valence-electron chi connectivity index (χ2n) is 9.33. The molecule has 0 spiro atoms. The highest BCUT2D eigenvalue weighted by Crippen LogP contribution is 2.49. The molecular weight excluding hydrogens is 518 g/mol. The number of amides is 1. The van der Waals surface area contributed by atoms with Gasteiger partial charge in [-0.25, -0.2) is 4.79 Å². The zero-order valence-corrected chi connectivity index (χ0v) is 22.8. The van der Waals surface area contributed by atoms with Crippen molar-refractivity contribution in [3.8, 4) is 21.6 Å². The molecule has 38 heavy (non-hydrogen) atoms. The van der Waals surface area contributed by atoms with Crippen LogP contribution in [0.1, 0.15) is 43.9 Å². The van der Waals surface area contributed by atoms with Crippen LogP contribution in [-0.4, -0.2) is 18.7 Å². The molecule has 1 unspecified atom stereocenters. The van der Waals surface area contributed by atoms with E-state index < -0.39 is 11.5 Å². The second-order valence-corrected chi connectivity index (χ2v) is 11.0. The van der Waals surface area contributed by atoms with Crippen molar-refractivity contribution in [2.24, 2.45) is 0 Å². The Balaban J connectivity index is 1.29. The number of hydrogen-bond donors (Lipinski definition) is 1. The van der Waals surface area contributed by atoms with Crippen LogP contribution in [0.4, 0.5) is 10.5 Å². The van der Waals surface area contributed by atoms with Crippen LogP contribution < -0.4 is 5.32 Å². The Labute approximate surface area is 231 Å². The van der Waals surface area contributed by atoms with Crippen molar-refractivity contribution in [3.05, 3.63) is 100 Å². The lowest BCUT2D eigenvalue weighted by Gasteiger charge is -2.15. The van der Waals surface area contributed by atoms with Crippen molar-refractivity contribution in [3.63, 3.8) is 0 Å². The second kappa shape index (κ2) is 11.0. The van der Waals surface area contributed by atoms with Crippen LogP contribution in [0.25, 0.3) is 21.6 Å². The number of carbonyl (C=O) groups excluding carboxylic acids is 2. The summed E-state index contributed by atoms with van der Waals surface area (Å²) >= 11 is 7.72. The third-order valence-electron chi connectivity index (χ3n) is 6.83. The molecule has 4 aromatic rings. The minimum Gasteiger partial charge on any atom is -0.465 e. The fourth-order valence-corrected chi connectivity index (χ4v) is 5.75. The number of thiophene rings is 1. The van der Waals surface area contributed by atoms with Gasteiger partial charge in [-0.1, -0.05) is 90.5 Å². The van der Waals surface area contributed by atoms with E-state index in [9.17, 15) is 9.59 Å². The van der Waals surface area contributed by atoms with E-state index in [0.717, 1.165) is 45.5 Å². The van der Waals surface area contributed by atoms with Gasteiger partial charge in [-0.05, 0) is 60.6 Å². The average Bonchev–Trinajstić information content (AvgIpc) is 3.67. The van der Waals surface area contributed by atoms with Crippen LogP contribution in [-0.2, 0) is 19.7 Å². The van der Waals surface area contributed by atoms with Crippen molar-refractivity contribution in [1.29, 1.82) is 0 Å². The largest absolute Gasteiger partial charge is 0.465 e. The average molecular weight is 546 g/mol. The van der Waals surface area contributed by atoms with Gasteiger partial charge in [-0.2, -0.15) is 0 Å². The number of benzene rings is 3. The van der Waals surface area contributed by atoms with E-state index in [4.69, 9.17) is 21.1 Å². The van der Waals surface area contributed by atoms with Gasteiger partial charge in [0.25, 0.3) is 0 Å². The number of nitrogens with one attached hydrogen (secondary N) is 1. The molecule has 1 aromatic heterocycles. The van der Waals surface area contributed by atoms with E-state index in [2.05, 4.69) is 5.32 Å². The van der Waals surface area contributed by atoms with E-state index in [1.54, 1.807) is 6.07 Å². The molecule has 7 heteroatoms. The molecule has 3 aromatic carbocycles. The van der Waals surface area contributed by atoms with Gasteiger partial charge >= 0.3 is 12.1 Å². The predicted octanol–water partition coefficient (Wildman–Crippen LogP) is 8.64. The molecule has 5 nitrogen and oxygen atoms in total. The highest BCUT2D eigenvalue weighted by Gasteiger charge is 2.52. The first-order valence-electron chi connectivity index (χ1n) is 12.6. The van der Waals surface area contributed by atoms with Crippen LogP contribution in [0.3, 0.4) is 0 Å². The minimum absolute atomic E-state index is 0.130. The Morgan fingerprint density at radius 2 is 1.55 bits per heavy atom. The van der Waals surface area contributed by atoms with Crippen LogP contribution in [0.15, 0.2) is 84.9 Å². The summed E-state index contributed by atoms with van der Waals surface area (Å²) in [5.41, 5.74) is 5.11. The molecule has 1 heterocycles. The molecule has 0 saturated heterocycles. The molecule has 1 aliphatic rings. The van der Waals surface area contributed by atoms with Gasteiger partial charge in [0.1, 0.15) is 6.10 Å². The van der Waals surface area contributed by atoms with Crippen LogP contribution in [0.2, 0.25) is 4.34 Å². The van der Waals surface area contributed by atoms with E-state index in [-0.39, 0.29) is 12.1 Å². The van der Waals surface area contributed by atoms with Gasteiger partial charge < -0.3 is 9.47 Å². The van der Waals surface area contributed by atoms with Crippen LogP contribution in [0.5, 0.6) is 0 Å². The number of ether oxygens (including phenoxy) is 2. The van der Waals surface area contributed by atoms with Crippen molar-refractivity contribution in [2.45, 2.75) is 38.2 Å². The maximum absolute atomic E-state index is 12.6. The zero-order chi connectivity index (χ0) is 26.7. The van der Waals surface area contributed by atoms with Crippen molar-refractivity contribution < 1.29 is 19.1 Å². The zero-order valence-electron chi connectivity index (χ0n) is 21.2. The molecule has 1 fully saturated rings. The molecule has 1 aliphatic carbocycles. The first kappa shape index (κ1) is 26.0. The highest BCUT2D eigenvalue weighted by molar-refractivity contribution is 7.20. The van der Waals surface area contributed by atoms with Gasteiger partial charge in [-0.15, -0.1) is 11.3 Å². The number of esters is 1. The normalized spacial score (nSPS) is 14.4. The Morgan fingerprint density at radius 1 is 0.947 bits per heavy atom. The topological polar surface area (TPSA) is 64.6 Å². The molecule has 1 saturated carbocycles. The quantitative estimate of drug-likeness (QED) is 0.225. The predicted molar refractivity (Wildman–Crippen MR) is 153 cm³/mol. The molecular formula is C31H28ClNO4S. The summed E-state index contributed by atoms with van der Waals surface area (Å²) in [5, 5.41) is 2.85. The first-order chi connectivity index (χ1) is 18.4. The Bertz CT molecular complexity index is 1430. The molecule has 0 bridgehead atoms. The first-order valence-corrected chi connectivity index (χ1v) is 13.8. The minimum atomic E-state index is -0.537. The fraction of sp³-hybridized carbons (Fsp3) is 0.226. The summed E-state index contributed by atoms with van der Waals surface area (Å²) < 4.78 is 11.4. The Kier molecular flexibility index (Phi) is 7.54. The number of anilines is 1. The van der Waals surface area contributed by atoms with E-state index in [0.29, 0.717) is 16.6 Å². The lowest BCUT2D eigenvalue weighted by Crippen LogP contribution is -2.23. The van der Waals surface area contributed by atoms with Gasteiger partial charge in [0.2, 0.25) is 0 Å². The van der Waals surface area contributed by atoms with Gasteiger partial charge in [0.15, 0.2) is 0 Å². The van der Waals surface area contributed by atoms with Crippen molar-refractivity contribution >= 4 is 40.7 Å². The fourth-order valence-electron chi connectivity index (χ4n) is 4.56. The molecule has 1 N–H and O–H groups in total. The summed E-state index contributed by atoms with van der Waals surface area (Å²) in [6, 6.07) is 27.6. The number of halogens is 1. The number of rotatable bonds is 8. The van der Waals surface area contributed by atoms with Gasteiger partial charge in [0.05, 0.1) is 26.9 Å². The number of hydrogen-bond acceptors (Lipinski definition) is 5. The van der Waals surface area contributed by atoms with Crippen LogP contribution in [0, 0.1) is 0 Å². The smallest absolute Gasteiger partial charge is 0.412 e. The monoisotopic (exact) mass is 545 g/mol. The molecule has 1 atom stereocenters. The van der Waals surface area contributed by atoms with Crippen LogP contribution >= 0.6 is 22.9 Å². The maximum Gasteiger partial charge on any atom is 0.412 e. The van der Waals surface area contributed by atoms with Gasteiger partial charge in [-0.3, -0.25) is 10.1 Å². The molecule has 5 rings (SSSR count). The molecule has 194 valence electrons. The molecule has 0 radical (unpaired) electrons. The Morgan fingerprint density at radius 3 is 2.16 bits per heavy atom. The summed E-state index contributed by atoms with van der Waals surface area (Å²) in [5.74, 6) is -0.130. The SMILES string of the molecule is CCOC(=O)C1(c2ccc(-c3ccc(-c4sc(Cl)cc4NC(=O)OC(C)c4ccccc4)cc3)cc2)CC1. The summed E-state index contributed by atoms with van der Waals surface area (Å²) in [6.07, 6.45) is 0.743. The van der Waals surface area contributed by atoms with E-state index in [1.807, 2.05) is 92.7 Å². The lowest BCUT2D eigenvalue weighted by atomic mass is 9.93. The van der Waals surface area contributed by atoms with Gasteiger partial charge in [0, 0.05) is 0 Å². The summed E-state index contributed by atoms with van der Waals surface area (Å²) in [7, 11) is 0. The third-order valence-corrected chi connectivity index (χ3v) is 8.14. The van der Waals surface area contributed by atoms with E-state index in [1.165, 1.54) is 11.3 Å². The van der Waals surface area contributed by atoms with E-state index >= 15 is 0 Å². The summed E-state index contributed by atoms with van der Waals surface area (Å²) in [6.45, 7) is 4.07. The molecule has 1 amide bonds. The standard InChI is InChI=1S/C31H28ClNO4S/c1-3-36-29(34)31(17-18-31)25-15-13-23(14-16-25)22-9-11-24(12-10-22)28-26(19-27(32)38-28)33-30(35)37-20(2)21-7-5-4-6-8-21/h4-16,19-20H,3,17-18H2,1-2H3,(H,33,35). The lowest BCUT2D eigenvalue weighted by molar-refractivity contribution is -0.146. The summed E-state index contributed by atoms with van der Waals surface area (Å²) in [4.78, 5) is 25.9.